The number of hydrogen-bond donors (Lipinski definition) is 2. The average molecular weight is 209 g/mol. The smallest absolute Gasteiger partial charge is 0.221 e. The Morgan fingerprint density at radius 2 is 2.33 bits per heavy atom. The minimum atomic E-state index is 0.109. The maximum absolute atomic E-state index is 11.1. The number of nitrogens with zero attached hydrogens (tertiary/aromatic N) is 1. The molecule has 0 aromatic carbocycles. The molecular formula is C11H19N3O. The van der Waals surface area contributed by atoms with E-state index in [0.717, 1.165) is 13.1 Å². The molecule has 4 nitrogen and oxygen atoms in total. The van der Waals surface area contributed by atoms with E-state index < -0.39 is 0 Å². The van der Waals surface area contributed by atoms with Gasteiger partial charge in [0.15, 0.2) is 0 Å². The molecule has 0 saturated carbocycles. The van der Waals surface area contributed by atoms with Gasteiger partial charge in [0.05, 0.1) is 0 Å². The molecular weight excluding hydrogens is 190 g/mol. The summed E-state index contributed by atoms with van der Waals surface area (Å²) in [5.74, 6) is 0.109. The summed E-state index contributed by atoms with van der Waals surface area (Å²) in [4.78, 5) is 11.1. The Hall–Kier alpha value is -1.29. The van der Waals surface area contributed by atoms with Crippen LogP contribution in [0.5, 0.6) is 0 Å². The second-order valence-electron chi connectivity index (χ2n) is 3.57. The summed E-state index contributed by atoms with van der Waals surface area (Å²) in [7, 11) is 2.00. The van der Waals surface area contributed by atoms with Crippen molar-refractivity contribution >= 4 is 5.91 Å². The highest BCUT2D eigenvalue weighted by molar-refractivity contribution is 5.75. The summed E-state index contributed by atoms with van der Waals surface area (Å²) in [5, 5.41) is 6.00. The number of hydrogen-bond acceptors (Lipinski definition) is 2. The Bertz CT molecular complexity index is 307. The van der Waals surface area contributed by atoms with E-state index in [1.165, 1.54) is 5.56 Å². The van der Waals surface area contributed by atoms with Crippen molar-refractivity contribution < 1.29 is 4.79 Å². The number of nitrogens with one attached hydrogen (secondary N) is 2. The van der Waals surface area contributed by atoms with Crippen molar-refractivity contribution in [1.82, 2.24) is 15.2 Å². The van der Waals surface area contributed by atoms with Gasteiger partial charge in [-0.05, 0) is 18.6 Å². The Kier molecular flexibility index (Phi) is 4.90. The Morgan fingerprint density at radius 3 is 2.93 bits per heavy atom. The standard InChI is InChI=1S/C11H19N3O/c1-3-13-11(15)4-6-12-8-10-5-7-14(2)9-10/h5,7,9,12H,3-4,6,8H2,1-2H3,(H,13,15). The molecule has 1 rings (SSSR count). The highest BCUT2D eigenvalue weighted by Gasteiger charge is 1.98. The normalized spacial score (nSPS) is 10.3. The molecule has 15 heavy (non-hydrogen) atoms. The Morgan fingerprint density at radius 1 is 1.53 bits per heavy atom. The molecule has 1 aromatic rings. The van der Waals surface area contributed by atoms with Crippen molar-refractivity contribution in [2.75, 3.05) is 13.1 Å². The summed E-state index contributed by atoms with van der Waals surface area (Å²) in [6.07, 6.45) is 4.63. The van der Waals surface area contributed by atoms with E-state index >= 15 is 0 Å². The van der Waals surface area contributed by atoms with Crippen LogP contribution in [0.15, 0.2) is 18.5 Å². The first-order chi connectivity index (χ1) is 7.22. The number of amides is 1. The van der Waals surface area contributed by atoms with Crippen molar-refractivity contribution in [1.29, 1.82) is 0 Å². The van der Waals surface area contributed by atoms with Crippen LogP contribution < -0.4 is 10.6 Å². The van der Waals surface area contributed by atoms with Crippen molar-refractivity contribution in [3.63, 3.8) is 0 Å². The summed E-state index contributed by atoms with van der Waals surface area (Å²) in [5.41, 5.74) is 1.24. The largest absolute Gasteiger partial charge is 0.357 e. The van der Waals surface area contributed by atoms with Crippen LogP contribution in [-0.2, 0) is 18.4 Å². The van der Waals surface area contributed by atoms with Gasteiger partial charge in [-0.25, -0.2) is 0 Å². The Labute approximate surface area is 90.7 Å². The van der Waals surface area contributed by atoms with Crippen molar-refractivity contribution in [3.05, 3.63) is 24.0 Å². The van der Waals surface area contributed by atoms with Gasteiger partial charge in [0.2, 0.25) is 5.91 Å². The van der Waals surface area contributed by atoms with Crippen LogP contribution in [0.25, 0.3) is 0 Å². The molecule has 1 amide bonds. The van der Waals surface area contributed by atoms with E-state index in [4.69, 9.17) is 0 Å². The summed E-state index contributed by atoms with van der Waals surface area (Å²) >= 11 is 0. The van der Waals surface area contributed by atoms with Crippen LogP contribution in [0.1, 0.15) is 18.9 Å². The molecule has 2 N–H and O–H groups in total. The lowest BCUT2D eigenvalue weighted by Crippen LogP contribution is -2.27. The first-order valence-electron chi connectivity index (χ1n) is 5.30. The van der Waals surface area contributed by atoms with E-state index in [9.17, 15) is 4.79 Å². The molecule has 0 bridgehead atoms. The van der Waals surface area contributed by atoms with Gasteiger partial charge >= 0.3 is 0 Å². The van der Waals surface area contributed by atoms with E-state index in [1.807, 2.05) is 24.7 Å². The van der Waals surface area contributed by atoms with Gasteiger partial charge in [-0.1, -0.05) is 0 Å². The summed E-state index contributed by atoms with van der Waals surface area (Å²) in [6.45, 7) is 4.17. The summed E-state index contributed by atoms with van der Waals surface area (Å²) in [6, 6.07) is 2.07. The van der Waals surface area contributed by atoms with Crippen LogP contribution in [0.2, 0.25) is 0 Å². The van der Waals surface area contributed by atoms with Gasteiger partial charge in [0.1, 0.15) is 0 Å². The highest BCUT2D eigenvalue weighted by atomic mass is 16.1. The molecule has 0 atom stereocenters. The first kappa shape index (κ1) is 11.8. The SMILES string of the molecule is CCNC(=O)CCNCc1ccn(C)c1. The van der Waals surface area contributed by atoms with Crippen LogP contribution in [0.3, 0.4) is 0 Å². The fourth-order valence-electron chi connectivity index (χ4n) is 1.39. The molecule has 0 spiro atoms. The van der Waals surface area contributed by atoms with Gasteiger partial charge in [-0.3, -0.25) is 4.79 Å². The second kappa shape index (κ2) is 6.24. The second-order valence-corrected chi connectivity index (χ2v) is 3.57. The van der Waals surface area contributed by atoms with Crippen LogP contribution in [0, 0.1) is 0 Å². The van der Waals surface area contributed by atoms with Crippen molar-refractivity contribution in [3.8, 4) is 0 Å². The molecule has 0 aliphatic rings. The lowest BCUT2D eigenvalue weighted by Gasteiger charge is -2.03. The topological polar surface area (TPSA) is 46.1 Å². The van der Waals surface area contributed by atoms with Crippen molar-refractivity contribution in [2.45, 2.75) is 19.9 Å². The van der Waals surface area contributed by atoms with Crippen LogP contribution in [0.4, 0.5) is 0 Å². The van der Waals surface area contributed by atoms with Crippen LogP contribution in [-0.4, -0.2) is 23.6 Å². The van der Waals surface area contributed by atoms with Gasteiger partial charge < -0.3 is 15.2 Å². The van der Waals surface area contributed by atoms with Gasteiger partial charge in [0.25, 0.3) is 0 Å². The first-order valence-corrected chi connectivity index (χ1v) is 5.30. The number of rotatable bonds is 6. The Balaban J connectivity index is 2.09. The maximum Gasteiger partial charge on any atom is 0.221 e. The molecule has 0 aliphatic heterocycles. The molecule has 0 fully saturated rings. The van der Waals surface area contributed by atoms with E-state index in [1.54, 1.807) is 0 Å². The predicted octanol–water partition coefficient (Wildman–Crippen LogP) is 0.641. The minimum Gasteiger partial charge on any atom is -0.357 e. The fourth-order valence-corrected chi connectivity index (χ4v) is 1.39. The van der Waals surface area contributed by atoms with E-state index in [0.29, 0.717) is 13.0 Å². The zero-order chi connectivity index (χ0) is 11.1. The lowest BCUT2D eigenvalue weighted by molar-refractivity contribution is -0.120. The number of carbonyl (C=O) groups excluding carboxylic acids is 1. The third-order valence-electron chi connectivity index (χ3n) is 2.13. The number of carbonyl (C=O) groups is 1. The molecule has 0 saturated heterocycles. The molecule has 1 heterocycles. The monoisotopic (exact) mass is 209 g/mol. The number of aryl methyl sites for hydroxylation is 1. The maximum atomic E-state index is 11.1. The summed E-state index contributed by atoms with van der Waals surface area (Å²) < 4.78 is 2.01. The molecule has 4 heteroatoms. The van der Waals surface area contributed by atoms with Gasteiger partial charge in [0, 0.05) is 45.5 Å². The predicted molar refractivity (Wildman–Crippen MR) is 60.4 cm³/mol. The fraction of sp³-hybridized carbons (Fsp3) is 0.545. The zero-order valence-corrected chi connectivity index (χ0v) is 9.42. The molecule has 84 valence electrons. The van der Waals surface area contributed by atoms with E-state index in [2.05, 4.69) is 22.9 Å². The highest BCUT2D eigenvalue weighted by Crippen LogP contribution is 1.98. The lowest BCUT2D eigenvalue weighted by atomic mass is 10.3. The zero-order valence-electron chi connectivity index (χ0n) is 9.42. The van der Waals surface area contributed by atoms with Gasteiger partial charge in [-0.2, -0.15) is 0 Å². The molecule has 0 aliphatic carbocycles. The third-order valence-corrected chi connectivity index (χ3v) is 2.13. The average Bonchev–Trinajstić information content (AvgIpc) is 2.60. The molecule has 0 radical (unpaired) electrons. The van der Waals surface area contributed by atoms with E-state index in [-0.39, 0.29) is 5.91 Å². The van der Waals surface area contributed by atoms with Crippen LogP contribution >= 0.6 is 0 Å². The van der Waals surface area contributed by atoms with Crippen molar-refractivity contribution in [2.24, 2.45) is 7.05 Å². The minimum absolute atomic E-state index is 0.109. The van der Waals surface area contributed by atoms with Gasteiger partial charge in [-0.15, -0.1) is 0 Å². The number of aromatic nitrogens is 1. The quantitative estimate of drug-likeness (QED) is 0.675. The third kappa shape index (κ3) is 4.65. The molecule has 1 aromatic heterocycles. The molecule has 0 unspecified atom stereocenters.